The Labute approximate surface area is 111 Å². The van der Waals surface area contributed by atoms with Gasteiger partial charge >= 0.3 is 0 Å². The molecule has 5 heteroatoms. The van der Waals surface area contributed by atoms with Crippen molar-refractivity contribution in [2.75, 3.05) is 19.5 Å². The van der Waals surface area contributed by atoms with E-state index in [4.69, 9.17) is 4.74 Å². The molecule has 0 unspecified atom stereocenters. The second-order valence-corrected chi connectivity index (χ2v) is 4.72. The number of para-hydroxylation sites is 1. The summed E-state index contributed by atoms with van der Waals surface area (Å²) in [7, 11) is 3.48. The zero-order valence-corrected chi connectivity index (χ0v) is 11.4. The van der Waals surface area contributed by atoms with Crippen LogP contribution >= 0.6 is 11.8 Å². The molecule has 0 fully saturated rings. The van der Waals surface area contributed by atoms with Gasteiger partial charge in [0.25, 0.3) is 0 Å². The van der Waals surface area contributed by atoms with Gasteiger partial charge in [-0.3, -0.25) is 0 Å². The number of nitrogens with zero attached hydrogens (tertiary/aromatic N) is 2. The standard InChI is InChI=1S/C13H15N3OS/c1-9-8-15-13(14-2)16-12(9)18-11-7-5-4-6-10(11)17-3/h4-8H,1-3H3,(H,14,15,16). The number of aromatic nitrogens is 2. The maximum Gasteiger partial charge on any atom is 0.223 e. The first-order valence-electron chi connectivity index (χ1n) is 5.57. The first kappa shape index (κ1) is 12.7. The molecule has 2 rings (SSSR count). The molecule has 0 radical (unpaired) electrons. The van der Waals surface area contributed by atoms with E-state index in [2.05, 4.69) is 15.3 Å². The van der Waals surface area contributed by atoms with E-state index in [0.29, 0.717) is 5.95 Å². The fourth-order valence-electron chi connectivity index (χ4n) is 1.46. The van der Waals surface area contributed by atoms with Crippen LogP contribution in [0.2, 0.25) is 0 Å². The Hall–Kier alpha value is -1.75. The van der Waals surface area contributed by atoms with Crippen LogP contribution in [0.1, 0.15) is 5.56 Å². The van der Waals surface area contributed by atoms with Crippen molar-refractivity contribution in [1.82, 2.24) is 9.97 Å². The first-order valence-corrected chi connectivity index (χ1v) is 6.38. The third kappa shape index (κ3) is 2.73. The van der Waals surface area contributed by atoms with Crippen molar-refractivity contribution in [1.29, 1.82) is 0 Å². The molecule has 0 aliphatic heterocycles. The van der Waals surface area contributed by atoms with E-state index in [1.807, 2.05) is 44.4 Å². The maximum atomic E-state index is 5.33. The van der Waals surface area contributed by atoms with E-state index in [9.17, 15) is 0 Å². The second kappa shape index (κ2) is 5.73. The molecule has 1 aromatic heterocycles. The number of anilines is 1. The Balaban J connectivity index is 2.33. The lowest BCUT2D eigenvalue weighted by atomic mass is 10.3. The van der Waals surface area contributed by atoms with Gasteiger partial charge in [-0.2, -0.15) is 0 Å². The largest absolute Gasteiger partial charge is 0.496 e. The SMILES string of the molecule is CNc1ncc(C)c(Sc2ccccc2OC)n1. The fraction of sp³-hybridized carbons (Fsp3) is 0.231. The van der Waals surface area contributed by atoms with E-state index < -0.39 is 0 Å². The fourth-order valence-corrected chi connectivity index (χ4v) is 2.41. The van der Waals surface area contributed by atoms with E-state index in [-0.39, 0.29) is 0 Å². The normalized spacial score (nSPS) is 10.2. The maximum absolute atomic E-state index is 5.33. The molecular formula is C13H15N3OS. The zero-order chi connectivity index (χ0) is 13.0. The first-order chi connectivity index (χ1) is 8.74. The van der Waals surface area contributed by atoms with Crippen LogP contribution in [0, 0.1) is 6.92 Å². The van der Waals surface area contributed by atoms with Gasteiger partial charge in [-0.25, -0.2) is 9.97 Å². The Morgan fingerprint density at radius 2 is 2.06 bits per heavy atom. The van der Waals surface area contributed by atoms with Crippen molar-refractivity contribution < 1.29 is 4.74 Å². The monoisotopic (exact) mass is 261 g/mol. The minimum Gasteiger partial charge on any atom is -0.496 e. The lowest BCUT2D eigenvalue weighted by molar-refractivity contribution is 0.405. The number of ether oxygens (including phenoxy) is 1. The van der Waals surface area contributed by atoms with Gasteiger partial charge in [-0.1, -0.05) is 23.9 Å². The summed E-state index contributed by atoms with van der Waals surface area (Å²) in [5.74, 6) is 1.48. The van der Waals surface area contributed by atoms with Gasteiger partial charge < -0.3 is 10.1 Å². The molecule has 0 bridgehead atoms. The van der Waals surface area contributed by atoms with Crippen molar-refractivity contribution in [2.45, 2.75) is 16.8 Å². The van der Waals surface area contributed by atoms with Gasteiger partial charge in [0.2, 0.25) is 5.95 Å². The molecule has 2 aromatic rings. The van der Waals surface area contributed by atoms with Crippen LogP contribution in [0.3, 0.4) is 0 Å². The topological polar surface area (TPSA) is 47.0 Å². The minimum absolute atomic E-state index is 0.623. The lowest BCUT2D eigenvalue weighted by Gasteiger charge is -2.09. The predicted molar refractivity (Wildman–Crippen MR) is 73.4 cm³/mol. The number of benzene rings is 1. The third-order valence-electron chi connectivity index (χ3n) is 2.42. The van der Waals surface area contributed by atoms with Crippen LogP contribution in [0.15, 0.2) is 40.4 Å². The second-order valence-electron chi connectivity index (χ2n) is 3.68. The highest BCUT2D eigenvalue weighted by atomic mass is 32.2. The van der Waals surface area contributed by atoms with E-state index in [1.165, 1.54) is 0 Å². The van der Waals surface area contributed by atoms with Crippen molar-refractivity contribution in [3.8, 4) is 5.75 Å². The summed E-state index contributed by atoms with van der Waals surface area (Å²) in [6.45, 7) is 2.00. The number of methoxy groups -OCH3 is 1. The molecule has 0 spiro atoms. The number of hydrogen-bond acceptors (Lipinski definition) is 5. The molecule has 18 heavy (non-hydrogen) atoms. The number of aryl methyl sites for hydroxylation is 1. The number of hydrogen-bond donors (Lipinski definition) is 1. The van der Waals surface area contributed by atoms with Gasteiger partial charge in [0.15, 0.2) is 0 Å². The third-order valence-corrected chi connectivity index (χ3v) is 3.59. The number of nitrogens with one attached hydrogen (secondary N) is 1. The summed E-state index contributed by atoms with van der Waals surface area (Å²) in [4.78, 5) is 9.67. The quantitative estimate of drug-likeness (QED) is 0.857. The molecule has 1 aromatic carbocycles. The molecular weight excluding hydrogens is 246 g/mol. The van der Waals surface area contributed by atoms with Gasteiger partial charge in [0.1, 0.15) is 10.8 Å². The average molecular weight is 261 g/mol. The summed E-state index contributed by atoms with van der Waals surface area (Å²) in [5.41, 5.74) is 1.05. The highest BCUT2D eigenvalue weighted by Gasteiger charge is 2.08. The molecule has 0 aliphatic rings. The smallest absolute Gasteiger partial charge is 0.223 e. The van der Waals surface area contributed by atoms with Crippen LogP contribution < -0.4 is 10.1 Å². The van der Waals surface area contributed by atoms with Crippen molar-refractivity contribution in [3.05, 3.63) is 36.0 Å². The Bertz CT molecular complexity index is 546. The average Bonchev–Trinajstić information content (AvgIpc) is 2.42. The van der Waals surface area contributed by atoms with Crippen LogP contribution in [0.25, 0.3) is 0 Å². The summed E-state index contributed by atoms with van der Waals surface area (Å²) < 4.78 is 5.33. The van der Waals surface area contributed by atoms with Gasteiger partial charge in [-0.15, -0.1) is 0 Å². The van der Waals surface area contributed by atoms with Crippen LogP contribution in [0.5, 0.6) is 5.75 Å². The Morgan fingerprint density at radius 1 is 1.28 bits per heavy atom. The highest BCUT2D eigenvalue weighted by Crippen LogP contribution is 2.35. The Kier molecular flexibility index (Phi) is 4.04. The van der Waals surface area contributed by atoms with Gasteiger partial charge in [0, 0.05) is 18.8 Å². The number of rotatable bonds is 4. The van der Waals surface area contributed by atoms with Crippen molar-refractivity contribution >= 4 is 17.7 Å². The van der Waals surface area contributed by atoms with E-state index >= 15 is 0 Å². The highest BCUT2D eigenvalue weighted by molar-refractivity contribution is 7.99. The minimum atomic E-state index is 0.623. The van der Waals surface area contributed by atoms with Crippen molar-refractivity contribution in [3.63, 3.8) is 0 Å². The molecule has 0 saturated carbocycles. The van der Waals surface area contributed by atoms with Crippen LogP contribution in [0.4, 0.5) is 5.95 Å². The van der Waals surface area contributed by atoms with Crippen molar-refractivity contribution in [2.24, 2.45) is 0 Å². The van der Waals surface area contributed by atoms with Crippen LogP contribution in [-0.4, -0.2) is 24.1 Å². The molecule has 1 N–H and O–H groups in total. The molecule has 4 nitrogen and oxygen atoms in total. The lowest BCUT2D eigenvalue weighted by Crippen LogP contribution is -1.98. The molecule has 0 aliphatic carbocycles. The summed E-state index contributed by atoms with van der Waals surface area (Å²) in [6, 6.07) is 7.90. The zero-order valence-electron chi connectivity index (χ0n) is 10.6. The summed E-state index contributed by atoms with van der Waals surface area (Å²) >= 11 is 1.58. The molecule has 0 amide bonds. The molecule has 0 atom stereocenters. The molecule has 1 heterocycles. The van der Waals surface area contributed by atoms with Crippen LogP contribution in [-0.2, 0) is 0 Å². The predicted octanol–water partition coefficient (Wildman–Crippen LogP) is 2.99. The summed E-state index contributed by atoms with van der Waals surface area (Å²) in [5, 5.41) is 3.87. The van der Waals surface area contributed by atoms with Gasteiger partial charge in [-0.05, 0) is 19.1 Å². The van der Waals surface area contributed by atoms with E-state index in [1.54, 1.807) is 18.9 Å². The Morgan fingerprint density at radius 3 is 2.78 bits per heavy atom. The molecule has 0 saturated heterocycles. The van der Waals surface area contributed by atoms with E-state index in [0.717, 1.165) is 21.2 Å². The van der Waals surface area contributed by atoms with Gasteiger partial charge in [0.05, 0.1) is 12.0 Å². The summed E-state index contributed by atoms with van der Waals surface area (Å²) in [6.07, 6.45) is 1.82. The molecule has 94 valence electrons.